The molecule has 4 nitrogen and oxygen atoms in total. The van der Waals surface area contributed by atoms with Crippen molar-refractivity contribution in [3.63, 3.8) is 0 Å². The molecule has 0 bridgehead atoms. The van der Waals surface area contributed by atoms with Crippen LogP contribution in [0.15, 0.2) is 12.1 Å². The molecule has 0 fully saturated rings. The summed E-state index contributed by atoms with van der Waals surface area (Å²) >= 11 is 0. The lowest BCUT2D eigenvalue weighted by Gasteiger charge is -2.08. The maximum absolute atomic E-state index is 13.3. The summed E-state index contributed by atoms with van der Waals surface area (Å²) in [4.78, 5) is 0. The molecule has 4 N–H and O–H groups in total. The van der Waals surface area contributed by atoms with Crippen LogP contribution in [0.4, 0.5) is 14.5 Å². The number of benzene rings is 1. The zero-order chi connectivity index (χ0) is 11.6. The number of nitrogens with one attached hydrogen (secondary N) is 1. The molecule has 0 spiro atoms. The van der Waals surface area contributed by atoms with Crippen LogP contribution in [0.2, 0.25) is 0 Å². The fourth-order valence-corrected chi connectivity index (χ4v) is 1.68. The van der Waals surface area contributed by atoms with Gasteiger partial charge in [-0.15, -0.1) is 0 Å². The van der Waals surface area contributed by atoms with Gasteiger partial charge >= 0.3 is 0 Å². The molecule has 1 rings (SSSR count). The Labute approximate surface area is 93.3 Å². The van der Waals surface area contributed by atoms with Crippen molar-refractivity contribution in [3.05, 3.63) is 29.3 Å². The Morgan fingerprint density at radius 3 is 2.00 bits per heavy atom. The number of rotatable bonds is 3. The topological polar surface area (TPSA) is 81.2 Å². The van der Waals surface area contributed by atoms with Gasteiger partial charge in [0, 0.05) is 0 Å². The minimum Gasteiger partial charge on any atom is -0.344 e. The van der Waals surface area contributed by atoms with E-state index in [-0.39, 0.29) is 6.15 Å². The van der Waals surface area contributed by atoms with Crippen LogP contribution in [-0.2, 0) is 16.4 Å². The van der Waals surface area contributed by atoms with Crippen LogP contribution in [0.5, 0.6) is 0 Å². The van der Waals surface area contributed by atoms with Gasteiger partial charge in [0.15, 0.2) is 11.6 Å². The van der Waals surface area contributed by atoms with Gasteiger partial charge in [-0.1, -0.05) is 6.92 Å². The molecular weight excluding hydrogens is 238 g/mol. The summed E-state index contributed by atoms with van der Waals surface area (Å²) in [6.45, 7) is 1.75. The predicted molar refractivity (Wildman–Crippen MR) is 59.2 cm³/mol. The summed E-state index contributed by atoms with van der Waals surface area (Å²) in [6, 6.07) is 2.22. The molecule has 0 saturated carbocycles. The molecule has 1 aromatic carbocycles. The van der Waals surface area contributed by atoms with E-state index in [0.717, 1.165) is 18.4 Å². The number of hydrogen-bond donors (Lipinski definition) is 2. The van der Waals surface area contributed by atoms with Crippen LogP contribution in [0.25, 0.3) is 0 Å². The van der Waals surface area contributed by atoms with Crippen molar-refractivity contribution >= 4 is 15.7 Å². The van der Waals surface area contributed by atoms with Crippen LogP contribution in [0.3, 0.4) is 0 Å². The zero-order valence-electron chi connectivity index (χ0n) is 9.05. The van der Waals surface area contributed by atoms with Crippen LogP contribution in [0, 0.1) is 11.6 Å². The van der Waals surface area contributed by atoms with Crippen molar-refractivity contribution in [1.82, 2.24) is 6.15 Å². The second-order valence-corrected chi connectivity index (χ2v) is 4.91. The largest absolute Gasteiger partial charge is 0.344 e. The molecule has 0 atom stereocenters. The number of aryl methyl sites for hydroxylation is 1. The Bertz CT molecular complexity index is 451. The Morgan fingerprint density at radius 1 is 1.25 bits per heavy atom. The van der Waals surface area contributed by atoms with Crippen molar-refractivity contribution in [2.24, 2.45) is 0 Å². The smallest absolute Gasteiger partial charge is 0.230 e. The second kappa shape index (κ2) is 5.22. The molecule has 92 valence electrons. The SMILES string of the molecule is CCc1cc(F)c(NS(C)(=O)=O)c(F)c1.N. The molecule has 7 heteroatoms. The first-order chi connectivity index (χ1) is 6.83. The molecule has 1 aromatic rings. The first kappa shape index (κ1) is 14.8. The lowest BCUT2D eigenvalue weighted by molar-refractivity contribution is 0.582. The second-order valence-electron chi connectivity index (χ2n) is 3.16. The summed E-state index contributed by atoms with van der Waals surface area (Å²) in [6.07, 6.45) is 1.31. The van der Waals surface area contributed by atoms with Gasteiger partial charge in [-0.25, -0.2) is 17.2 Å². The number of anilines is 1. The first-order valence-electron chi connectivity index (χ1n) is 4.29. The van der Waals surface area contributed by atoms with Crippen molar-refractivity contribution < 1.29 is 17.2 Å². The molecule has 0 unspecified atom stereocenters. The molecule has 0 radical (unpaired) electrons. The lowest BCUT2D eigenvalue weighted by atomic mass is 10.1. The summed E-state index contributed by atoms with van der Waals surface area (Å²) in [5, 5.41) is 0. The molecule has 0 saturated heterocycles. The molecule has 16 heavy (non-hydrogen) atoms. The highest BCUT2D eigenvalue weighted by molar-refractivity contribution is 7.92. The summed E-state index contributed by atoms with van der Waals surface area (Å²) in [7, 11) is -3.67. The third-order valence-corrected chi connectivity index (χ3v) is 2.37. The van der Waals surface area contributed by atoms with Gasteiger partial charge < -0.3 is 6.15 Å². The quantitative estimate of drug-likeness (QED) is 0.863. The summed E-state index contributed by atoms with van der Waals surface area (Å²) < 4.78 is 49.9. The van der Waals surface area contributed by atoms with Crippen LogP contribution in [-0.4, -0.2) is 14.7 Å². The monoisotopic (exact) mass is 252 g/mol. The van der Waals surface area contributed by atoms with Gasteiger partial charge in [-0.3, -0.25) is 4.72 Å². The van der Waals surface area contributed by atoms with E-state index in [1.165, 1.54) is 0 Å². The van der Waals surface area contributed by atoms with Gasteiger partial charge in [0.05, 0.1) is 6.26 Å². The molecular formula is C9H14F2N2O2S. The van der Waals surface area contributed by atoms with E-state index in [2.05, 4.69) is 0 Å². The normalized spacial score (nSPS) is 10.8. The van der Waals surface area contributed by atoms with Gasteiger partial charge in [0.1, 0.15) is 5.69 Å². The number of sulfonamides is 1. The fourth-order valence-electron chi connectivity index (χ4n) is 1.11. The molecule has 0 aliphatic carbocycles. The van der Waals surface area contributed by atoms with E-state index < -0.39 is 27.3 Å². The Hall–Kier alpha value is -1.21. The van der Waals surface area contributed by atoms with Crippen LogP contribution < -0.4 is 10.9 Å². The molecule has 0 heterocycles. The molecule has 0 aliphatic heterocycles. The van der Waals surface area contributed by atoms with E-state index in [4.69, 9.17) is 0 Å². The Morgan fingerprint density at radius 2 is 1.69 bits per heavy atom. The van der Waals surface area contributed by atoms with Crippen LogP contribution in [0.1, 0.15) is 12.5 Å². The van der Waals surface area contributed by atoms with Gasteiger partial charge in [-0.05, 0) is 24.1 Å². The third-order valence-electron chi connectivity index (χ3n) is 1.80. The molecule has 0 aliphatic rings. The summed E-state index contributed by atoms with van der Waals surface area (Å²) in [5.74, 6) is -1.81. The average molecular weight is 252 g/mol. The molecule has 0 amide bonds. The van der Waals surface area contributed by atoms with E-state index in [9.17, 15) is 17.2 Å². The van der Waals surface area contributed by atoms with Gasteiger partial charge in [0.2, 0.25) is 10.0 Å². The Kier molecular flexibility index (Phi) is 4.82. The molecule has 0 aromatic heterocycles. The minimum absolute atomic E-state index is 0. The van der Waals surface area contributed by atoms with Crippen molar-refractivity contribution in [2.75, 3.05) is 11.0 Å². The van der Waals surface area contributed by atoms with E-state index in [0.29, 0.717) is 12.0 Å². The zero-order valence-corrected chi connectivity index (χ0v) is 9.87. The van der Waals surface area contributed by atoms with Crippen LogP contribution >= 0.6 is 0 Å². The highest BCUT2D eigenvalue weighted by Crippen LogP contribution is 2.21. The number of halogens is 2. The van der Waals surface area contributed by atoms with Crippen molar-refractivity contribution in [1.29, 1.82) is 0 Å². The highest BCUT2D eigenvalue weighted by atomic mass is 32.2. The van der Waals surface area contributed by atoms with Gasteiger partial charge in [0.25, 0.3) is 0 Å². The fraction of sp³-hybridized carbons (Fsp3) is 0.333. The summed E-state index contributed by atoms with van der Waals surface area (Å²) in [5.41, 5.74) is -0.154. The minimum atomic E-state index is -3.67. The predicted octanol–water partition coefficient (Wildman–Crippen LogP) is 2.06. The van der Waals surface area contributed by atoms with E-state index in [1.807, 2.05) is 0 Å². The number of hydrogen-bond acceptors (Lipinski definition) is 3. The van der Waals surface area contributed by atoms with E-state index >= 15 is 0 Å². The maximum atomic E-state index is 13.3. The van der Waals surface area contributed by atoms with Crippen molar-refractivity contribution in [3.8, 4) is 0 Å². The third kappa shape index (κ3) is 3.74. The lowest BCUT2D eigenvalue weighted by Crippen LogP contribution is -2.12. The first-order valence-corrected chi connectivity index (χ1v) is 6.18. The maximum Gasteiger partial charge on any atom is 0.230 e. The average Bonchev–Trinajstić information content (AvgIpc) is 2.09. The standard InChI is InChI=1S/C9H11F2NO2S.H3N/c1-3-6-4-7(10)9(8(11)5-6)12-15(2,13)14;/h4-5,12H,3H2,1-2H3;1H3. The van der Waals surface area contributed by atoms with Crippen molar-refractivity contribution in [2.45, 2.75) is 13.3 Å². The highest BCUT2D eigenvalue weighted by Gasteiger charge is 2.14. The van der Waals surface area contributed by atoms with E-state index in [1.54, 1.807) is 11.6 Å². The van der Waals surface area contributed by atoms with Gasteiger partial charge in [-0.2, -0.15) is 0 Å². The Balaban J connectivity index is 0.00000225.